The maximum Gasteiger partial charge on any atom is 0.0501 e. The second-order valence-corrected chi connectivity index (χ2v) is 8.88. The van der Waals surface area contributed by atoms with E-state index in [1.165, 1.54) is 57.8 Å². The van der Waals surface area contributed by atoms with Gasteiger partial charge < -0.3 is 5.32 Å². The fourth-order valence-corrected chi connectivity index (χ4v) is 5.38. The molecule has 3 heteroatoms. The predicted molar refractivity (Wildman–Crippen MR) is 95.3 cm³/mol. The van der Waals surface area contributed by atoms with Gasteiger partial charge in [0.2, 0.25) is 0 Å². The highest BCUT2D eigenvalue weighted by Gasteiger charge is 2.25. The van der Waals surface area contributed by atoms with Crippen molar-refractivity contribution in [1.29, 1.82) is 0 Å². The third-order valence-electron chi connectivity index (χ3n) is 4.81. The first-order valence-electron chi connectivity index (χ1n) is 9.19. The average Bonchev–Trinajstić information content (AvgIpc) is 2.45. The van der Waals surface area contributed by atoms with Crippen molar-refractivity contribution in [3.8, 4) is 0 Å². The van der Waals surface area contributed by atoms with E-state index in [0.717, 1.165) is 18.6 Å². The lowest BCUT2D eigenvalue weighted by atomic mass is 9.97. The SMILES string of the molecule is CNC1CCCCCCCCCCC1S(=O)CCC(C)C. The Balaban J connectivity index is 2.58. The molecule has 21 heavy (non-hydrogen) atoms. The minimum atomic E-state index is -0.662. The summed E-state index contributed by atoms with van der Waals surface area (Å²) < 4.78 is 12.8. The van der Waals surface area contributed by atoms with Crippen LogP contribution >= 0.6 is 0 Å². The van der Waals surface area contributed by atoms with E-state index in [4.69, 9.17) is 0 Å². The number of nitrogens with one attached hydrogen (secondary N) is 1. The molecule has 0 radical (unpaired) electrons. The van der Waals surface area contributed by atoms with Gasteiger partial charge in [0.1, 0.15) is 0 Å². The molecular weight excluding hydrogens is 278 g/mol. The molecular formula is C18H37NOS. The highest BCUT2D eigenvalue weighted by molar-refractivity contribution is 7.85. The molecule has 1 saturated carbocycles. The van der Waals surface area contributed by atoms with Crippen LogP contribution in [0.5, 0.6) is 0 Å². The Morgan fingerprint density at radius 1 is 0.952 bits per heavy atom. The maximum atomic E-state index is 12.8. The molecule has 0 heterocycles. The van der Waals surface area contributed by atoms with Gasteiger partial charge in [0.15, 0.2) is 0 Å². The molecule has 2 nitrogen and oxygen atoms in total. The Bertz CT molecular complexity index is 280. The van der Waals surface area contributed by atoms with Gasteiger partial charge in [0.25, 0.3) is 0 Å². The largest absolute Gasteiger partial charge is 0.316 e. The normalized spacial score (nSPS) is 27.8. The van der Waals surface area contributed by atoms with Crippen LogP contribution in [0.1, 0.15) is 84.5 Å². The first-order valence-corrected chi connectivity index (χ1v) is 10.6. The molecule has 126 valence electrons. The van der Waals surface area contributed by atoms with Gasteiger partial charge in [0.05, 0.1) is 5.25 Å². The Morgan fingerprint density at radius 3 is 2.00 bits per heavy atom. The standard InChI is InChI=1S/C18H37NOS/c1-16(2)14-15-21(20)18-13-11-9-7-5-4-6-8-10-12-17(18)19-3/h16-19H,4-15H2,1-3H3. The molecule has 1 aliphatic rings. The van der Waals surface area contributed by atoms with E-state index in [1.807, 2.05) is 0 Å². The molecule has 0 spiro atoms. The van der Waals surface area contributed by atoms with Crippen LogP contribution < -0.4 is 5.32 Å². The maximum absolute atomic E-state index is 12.8. The molecule has 0 bridgehead atoms. The topological polar surface area (TPSA) is 29.1 Å². The second-order valence-electron chi connectivity index (χ2n) is 7.11. The van der Waals surface area contributed by atoms with Gasteiger partial charge in [-0.2, -0.15) is 0 Å². The number of hydrogen-bond donors (Lipinski definition) is 1. The molecule has 1 rings (SSSR count). The van der Waals surface area contributed by atoms with Crippen LogP contribution in [0.25, 0.3) is 0 Å². The van der Waals surface area contributed by atoms with Gasteiger partial charge in [-0.25, -0.2) is 0 Å². The summed E-state index contributed by atoms with van der Waals surface area (Å²) in [6.07, 6.45) is 14.2. The zero-order chi connectivity index (χ0) is 15.5. The van der Waals surface area contributed by atoms with E-state index in [2.05, 4.69) is 26.2 Å². The van der Waals surface area contributed by atoms with Crippen LogP contribution in [0.15, 0.2) is 0 Å². The summed E-state index contributed by atoms with van der Waals surface area (Å²) in [5.74, 6) is 1.55. The number of hydrogen-bond acceptors (Lipinski definition) is 2. The van der Waals surface area contributed by atoms with Crippen molar-refractivity contribution in [2.75, 3.05) is 12.8 Å². The van der Waals surface area contributed by atoms with Crippen LogP contribution in [-0.4, -0.2) is 28.3 Å². The van der Waals surface area contributed by atoms with Gasteiger partial charge in [-0.1, -0.05) is 65.2 Å². The summed E-state index contributed by atoms with van der Waals surface area (Å²) >= 11 is 0. The quantitative estimate of drug-likeness (QED) is 0.800. The third kappa shape index (κ3) is 8.35. The zero-order valence-electron chi connectivity index (χ0n) is 14.5. The Labute approximate surface area is 135 Å². The summed E-state index contributed by atoms with van der Waals surface area (Å²) in [6, 6.07) is 0.456. The average molecular weight is 316 g/mol. The summed E-state index contributed by atoms with van der Waals surface area (Å²) in [5, 5.41) is 3.85. The molecule has 3 unspecified atom stereocenters. The van der Waals surface area contributed by atoms with E-state index >= 15 is 0 Å². The minimum absolute atomic E-state index is 0.369. The molecule has 0 aromatic rings. The van der Waals surface area contributed by atoms with E-state index in [-0.39, 0.29) is 0 Å². The predicted octanol–water partition coefficient (Wildman–Crippen LogP) is 4.65. The van der Waals surface area contributed by atoms with Crippen molar-refractivity contribution >= 4 is 10.8 Å². The van der Waals surface area contributed by atoms with Gasteiger partial charge in [-0.15, -0.1) is 0 Å². The lowest BCUT2D eigenvalue weighted by molar-refractivity contribution is 0.428. The molecule has 0 amide bonds. The van der Waals surface area contributed by atoms with E-state index in [0.29, 0.717) is 17.2 Å². The lowest BCUT2D eigenvalue weighted by Crippen LogP contribution is -2.41. The van der Waals surface area contributed by atoms with E-state index in [9.17, 15) is 4.21 Å². The van der Waals surface area contributed by atoms with Crippen molar-refractivity contribution < 1.29 is 4.21 Å². The van der Waals surface area contributed by atoms with Crippen molar-refractivity contribution in [2.45, 2.75) is 95.8 Å². The van der Waals surface area contributed by atoms with Crippen LogP contribution in [0.4, 0.5) is 0 Å². The van der Waals surface area contributed by atoms with Gasteiger partial charge >= 0.3 is 0 Å². The van der Waals surface area contributed by atoms with Crippen LogP contribution in [-0.2, 0) is 10.8 Å². The molecule has 0 aromatic carbocycles. The Morgan fingerprint density at radius 2 is 1.48 bits per heavy atom. The Kier molecular flexibility index (Phi) is 10.6. The molecule has 0 aliphatic heterocycles. The Hall–Kier alpha value is 0.110. The molecule has 1 aliphatic carbocycles. The van der Waals surface area contributed by atoms with Crippen molar-refractivity contribution in [3.63, 3.8) is 0 Å². The molecule has 0 saturated heterocycles. The first-order chi connectivity index (χ1) is 10.1. The zero-order valence-corrected chi connectivity index (χ0v) is 15.4. The lowest BCUT2D eigenvalue weighted by Gasteiger charge is -2.27. The van der Waals surface area contributed by atoms with Crippen molar-refractivity contribution in [1.82, 2.24) is 5.32 Å². The van der Waals surface area contributed by atoms with Crippen LogP contribution in [0, 0.1) is 5.92 Å². The van der Waals surface area contributed by atoms with Gasteiger partial charge in [-0.3, -0.25) is 4.21 Å². The smallest absolute Gasteiger partial charge is 0.0501 e. The molecule has 1 N–H and O–H groups in total. The highest BCUT2D eigenvalue weighted by Crippen LogP contribution is 2.21. The summed E-state index contributed by atoms with van der Waals surface area (Å²) in [6.45, 7) is 4.46. The van der Waals surface area contributed by atoms with Crippen LogP contribution in [0.3, 0.4) is 0 Å². The van der Waals surface area contributed by atoms with Gasteiger partial charge in [0, 0.05) is 22.6 Å². The van der Waals surface area contributed by atoms with E-state index in [1.54, 1.807) is 0 Å². The van der Waals surface area contributed by atoms with Crippen molar-refractivity contribution in [3.05, 3.63) is 0 Å². The summed E-state index contributed by atoms with van der Waals surface area (Å²) in [5.41, 5.74) is 0. The fourth-order valence-electron chi connectivity index (χ4n) is 3.31. The monoisotopic (exact) mass is 315 g/mol. The minimum Gasteiger partial charge on any atom is -0.316 e. The molecule has 3 atom stereocenters. The highest BCUT2D eigenvalue weighted by atomic mass is 32.2. The first kappa shape index (κ1) is 19.2. The number of rotatable bonds is 5. The fraction of sp³-hybridized carbons (Fsp3) is 1.00. The van der Waals surface area contributed by atoms with Crippen molar-refractivity contribution in [2.24, 2.45) is 5.92 Å². The molecule has 0 aromatic heterocycles. The summed E-state index contributed by atoms with van der Waals surface area (Å²) in [7, 11) is 1.40. The third-order valence-corrected chi connectivity index (χ3v) is 6.69. The van der Waals surface area contributed by atoms with E-state index < -0.39 is 10.8 Å². The van der Waals surface area contributed by atoms with Crippen LogP contribution in [0.2, 0.25) is 0 Å². The van der Waals surface area contributed by atoms with Gasteiger partial charge in [-0.05, 0) is 32.2 Å². The second kappa shape index (κ2) is 11.6. The summed E-state index contributed by atoms with van der Waals surface area (Å²) in [4.78, 5) is 0. The molecule has 1 fully saturated rings.